The van der Waals surface area contributed by atoms with Crippen LogP contribution in [0.1, 0.15) is 26.2 Å². The molecule has 0 aliphatic carbocycles. The smallest absolute Gasteiger partial charge is 0.323 e. The first-order valence-electron chi connectivity index (χ1n) is 6.96. The Morgan fingerprint density at radius 1 is 1.33 bits per heavy atom. The quantitative estimate of drug-likeness (QED) is 0.897. The van der Waals surface area contributed by atoms with Crippen molar-refractivity contribution in [2.75, 3.05) is 18.4 Å². The summed E-state index contributed by atoms with van der Waals surface area (Å²) in [6.07, 6.45) is 2.35. The second kappa shape index (κ2) is 6.45. The number of carboxylic acid groups (broad SMARTS) is 1. The molecule has 1 aliphatic rings. The van der Waals surface area contributed by atoms with E-state index in [-0.39, 0.29) is 12.5 Å². The number of hydrogen-bond donors (Lipinski definition) is 2. The zero-order valence-electron chi connectivity index (χ0n) is 11.9. The van der Waals surface area contributed by atoms with Crippen molar-refractivity contribution in [3.05, 3.63) is 29.3 Å². The van der Waals surface area contributed by atoms with E-state index in [0.717, 1.165) is 12.8 Å². The van der Waals surface area contributed by atoms with Crippen molar-refractivity contribution in [3.8, 4) is 0 Å². The fourth-order valence-corrected chi connectivity index (χ4v) is 2.71. The van der Waals surface area contributed by atoms with Gasteiger partial charge in [-0.1, -0.05) is 11.6 Å². The molecule has 2 rings (SSSR count). The van der Waals surface area contributed by atoms with Gasteiger partial charge in [0, 0.05) is 10.7 Å². The number of anilines is 1. The summed E-state index contributed by atoms with van der Waals surface area (Å²) in [5, 5.41) is 12.8. The van der Waals surface area contributed by atoms with Gasteiger partial charge >= 0.3 is 5.97 Å². The number of piperidine rings is 1. The number of nitrogens with one attached hydrogen (secondary N) is 1. The SMILES string of the molecule is CC1(C(=O)O)CCCCN1CC(=O)Nc1ccc(Cl)cc1. The number of carboxylic acids is 1. The highest BCUT2D eigenvalue weighted by Crippen LogP contribution is 2.28. The van der Waals surface area contributed by atoms with Crippen molar-refractivity contribution in [1.82, 2.24) is 4.90 Å². The molecule has 1 amide bonds. The normalized spacial score (nSPS) is 22.8. The average Bonchev–Trinajstić information content (AvgIpc) is 2.44. The van der Waals surface area contributed by atoms with Gasteiger partial charge in [-0.2, -0.15) is 0 Å². The Bertz CT molecular complexity index is 532. The molecule has 1 aromatic rings. The van der Waals surface area contributed by atoms with Gasteiger partial charge in [0.25, 0.3) is 0 Å². The molecule has 1 fully saturated rings. The van der Waals surface area contributed by atoms with Crippen molar-refractivity contribution < 1.29 is 14.7 Å². The number of likely N-dealkylation sites (tertiary alicyclic amines) is 1. The summed E-state index contributed by atoms with van der Waals surface area (Å²) in [5.41, 5.74) is -0.311. The largest absolute Gasteiger partial charge is 0.480 e. The molecule has 0 bridgehead atoms. The molecule has 114 valence electrons. The summed E-state index contributed by atoms with van der Waals surface area (Å²) in [6, 6.07) is 6.82. The van der Waals surface area contributed by atoms with E-state index in [1.807, 2.05) is 0 Å². The zero-order valence-corrected chi connectivity index (χ0v) is 12.7. The molecule has 1 aliphatic heterocycles. The van der Waals surface area contributed by atoms with E-state index in [1.54, 1.807) is 36.1 Å². The molecule has 2 N–H and O–H groups in total. The van der Waals surface area contributed by atoms with Crippen LogP contribution in [0.5, 0.6) is 0 Å². The number of nitrogens with zero attached hydrogens (tertiary/aromatic N) is 1. The second-order valence-corrected chi connectivity index (χ2v) is 5.95. The number of aliphatic carboxylic acids is 1. The minimum Gasteiger partial charge on any atom is -0.480 e. The van der Waals surface area contributed by atoms with Gasteiger partial charge in [-0.05, 0) is 57.0 Å². The van der Waals surface area contributed by atoms with Crippen molar-refractivity contribution in [2.45, 2.75) is 31.7 Å². The molecule has 21 heavy (non-hydrogen) atoms. The van der Waals surface area contributed by atoms with Gasteiger partial charge in [-0.15, -0.1) is 0 Å². The maximum absolute atomic E-state index is 12.1. The highest BCUT2D eigenvalue weighted by Gasteiger charge is 2.41. The van der Waals surface area contributed by atoms with Gasteiger partial charge in [0.05, 0.1) is 6.54 Å². The van der Waals surface area contributed by atoms with Crippen LogP contribution in [0.25, 0.3) is 0 Å². The predicted molar refractivity (Wildman–Crippen MR) is 81.5 cm³/mol. The third-order valence-electron chi connectivity index (χ3n) is 3.96. The van der Waals surface area contributed by atoms with Crippen molar-refractivity contribution in [3.63, 3.8) is 0 Å². The zero-order chi connectivity index (χ0) is 15.5. The third-order valence-corrected chi connectivity index (χ3v) is 4.21. The number of benzene rings is 1. The molecule has 1 atom stereocenters. The molecule has 0 saturated carbocycles. The maximum Gasteiger partial charge on any atom is 0.323 e. The lowest BCUT2D eigenvalue weighted by Gasteiger charge is -2.41. The number of carbonyl (C=O) groups is 2. The summed E-state index contributed by atoms with van der Waals surface area (Å²) in [5.74, 6) is -1.09. The molecule has 1 heterocycles. The van der Waals surface area contributed by atoms with E-state index in [9.17, 15) is 14.7 Å². The minimum absolute atomic E-state index is 0.0748. The van der Waals surface area contributed by atoms with Crippen molar-refractivity contribution in [2.24, 2.45) is 0 Å². The summed E-state index contributed by atoms with van der Waals surface area (Å²) in [6.45, 7) is 2.38. The molecule has 6 heteroatoms. The summed E-state index contributed by atoms with van der Waals surface area (Å²) in [4.78, 5) is 25.3. The average molecular weight is 311 g/mol. The summed E-state index contributed by atoms with van der Waals surface area (Å²) >= 11 is 5.79. The van der Waals surface area contributed by atoms with Crippen molar-refractivity contribution >= 4 is 29.2 Å². The van der Waals surface area contributed by atoms with Gasteiger partial charge in [0.15, 0.2) is 0 Å². The number of halogens is 1. The van der Waals surface area contributed by atoms with Crippen LogP contribution in [0.4, 0.5) is 5.69 Å². The Hall–Kier alpha value is -1.59. The van der Waals surface area contributed by atoms with Crippen LogP contribution in [-0.2, 0) is 9.59 Å². The summed E-state index contributed by atoms with van der Waals surface area (Å²) in [7, 11) is 0. The molecular weight excluding hydrogens is 292 g/mol. The van der Waals surface area contributed by atoms with Gasteiger partial charge in [0.2, 0.25) is 5.91 Å². The standard InChI is InChI=1S/C15H19ClN2O3/c1-15(14(20)21)8-2-3-9-18(15)10-13(19)17-12-6-4-11(16)5-7-12/h4-7H,2-3,8-10H2,1H3,(H,17,19)(H,20,21). The van der Waals surface area contributed by atoms with Gasteiger partial charge in [-0.25, -0.2) is 0 Å². The van der Waals surface area contributed by atoms with Crippen LogP contribution < -0.4 is 5.32 Å². The molecule has 5 nitrogen and oxygen atoms in total. The predicted octanol–water partition coefficient (Wildman–Crippen LogP) is 2.61. The topological polar surface area (TPSA) is 69.6 Å². The highest BCUT2D eigenvalue weighted by molar-refractivity contribution is 6.30. The van der Waals surface area contributed by atoms with Gasteiger partial charge in [-0.3, -0.25) is 14.5 Å². The fraction of sp³-hybridized carbons (Fsp3) is 0.467. The number of rotatable bonds is 4. The Labute approximate surface area is 128 Å². The molecule has 0 spiro atoms. The van der Waals surface area contributed by atoms with Crippen molar-refractivity contribution in [1.29, 1.82) is 0 Å². The highest BCUT2D eigenvalue weighted by atomic mass is 35.5. The Kier molecular flexibility index (Phi) is 4.85. The van der Waals surface area contributed by atoms with Crippen LogP contribution in [0.3, 0.4) is 0 Å². The molecular formula is C15H19ClN2O3. The Balaban J connectivity index is 2.00. The van der Waals surface area contributed by atoms with Crippen LogP contribution in [0.2, 0.25) is 5.02 Å². The minimum atomic E-state index is -0.963. The molecule has 1 aromatic carbocycles. The van der Waals surface area contributed by atoms with Crippen LogP contribution in [-0.4, -0.2) is 40.5 Å². The Morgan fingerprint density at radius 2 is 2.00 bits per heavy atom. The second-order valence-electron chi connectivity index (χ2n) is 5.51. The summed E-state index contributed by atoms with van der Waals surface area (Å²) < 4.78 is 0. The Morgan fingerprint density at radius 3 is 2.62 bits per heavy atom. The third kappa shape index (κ3) is 3.74. The van der Waals surface area contributed by atoms with E-state index in [1.165, 1.54) is 0 Å². The van der Waals surface area contributed by atoms with Gasteiger partial charge < -0.3 is 10.4 Å². The van der Waals surface area contributed by atoms with E-state index in [0.29, 0.717) is 23.7 Å². The lowest BCUT2D eigenvalue weighted by atomic mass is 9.88. The lowest BCUT2D eigenvalue weighted by Crippen LogP contribution is -2.57. The fourth-order valence-electron chi connectivity index (χ4n) is 2.58. The van der Waals surface area contributed by atoms with E-state index in [2.05, 4.69) is 5.32 Å². The molecule has 1 unspecified atom stereocenters. The van der Waals surface area contributed by atoms with E-state index in [4.69, 9.17) is 11.6 Å². The van der Waals surface area contributed by atoms with Gasteiger partial charge in [0.1, 0.15) is 5.54 Å². The molecule has 1 saturated heterocycles. The van der Waals surface area contributed by atoms with Crippen LogP contribution >= 0.6 is 11.6 Å². The van der Waals surface area contributed by atoms with Crippen LogP contribution in [0, 0.1) is 0 Å². The maximum atomic E-state index is 12.1. The van der Waals surface area contributed by atoms with Crippen LogP contribution in [0.15, 0.2) is 24.3 Å². The molecule has 0 aromatic heterocycles. The first-order chi connectivity index (χ1) is 9.91. The van der Waals surface area contributed by atoms with E-state index >= 15 is 0 Å². The molecule has 0 radical (unpaired) electrons. The van der Waals surface area contributed by atoms with E-state index < -0.39 is 11.5 Å². The number of amides is 1. The first kappa shape index (κ1) is 15.8. The monoisotopic (exact) mass is 310 g/mol. The first-order valence-corrected chi connectivity index (χ1v) is 7.33. The lowest BCUT2D eigenvalue weighted by molar-refractivity contribution is -0.153. The number of hydrogen-bond acceptors (Lipinski definition) is 3. The number of carbonyl (C=O) groups excluding carboxylic acids is 1.